The molecule has 1 heterocycles. The number of carbonyl (C=O) groups excluding carboxylic acids is 1. The number of methoxy groups -OCH3 is 1. The zero-order valence-electron chi connectivity index (χ0n) is 12.6. The first kappa shape index (κ1) is 14.8. The number of nitrogens with one attached hydrogen (secondary N) is 1. The molecule has 23 heavy (non-hydrogen) atoms. The van der Waals surface area contributed by atoms with Gasteiger partial charge in [-0.3, -0.25) is 4.79 Å². The van der Waals surface area contributed by atoms with Gasteiger partial charge in [0.2, 0.25) is 0 Å². The average molecular weight is 305 g/mol. The largest absolute Gasteiger partial charge is 0.497 e. The lowest BCUT2D eigenvalue weighted by Gasteiger charge is -2.06. The number of para-hydroxylation sites is 2. The summed E-state index contributed by atoms with van der Waals surface area (Å²) >= 11 is 0. The van der Waals surface area contributed by atoms with E-state index in [1.807, 2.05) is 36.4 Å². The van der Waals surface area contributed by atoms with E-state index in [0.717, 1.165) is 22.3 Å². The second kappa shape index (κ2) is 6.32. The number of hydrogen-bond acceptors (Lipinski definition) is 4. The van der Waals surface area contributed by atoms with Gasteiger partial charge < -0.3 is 9.72 Å². The molecule has 0 bridgehead atoms. The van der Waals surface area contributed by atoms with E-state index >= 15 is 0 Å². The van der Waals surface area contributed by atoms with Crippen LogP contribution in [0.3, 0.4) is 0 Å². The summed E-state index contributed by atoms with van der Waals surface area (Å²) in [5, 5.41) is 9.38. The Balaban J connectivity index is 1.82. The third-order valence-corrected chi connectivity index (χ3v) is 3.67. The van der Waals surface area contributed by atoms with Crippen molar-refractivity contribution < 1.29 is 9.53 Å². The third kappa shape index (κ3) is 3.06. The number of aromatic nitrogens is 2. The van der Waals surface area contributed by atoms with Gasteiger partial charge in [-0.2, -0.15) is 5.26 Å². The maximum atomic E-state index is 12.5. The van der Waals surface area contributed by atoms with Gasteiger partial charge in [-0.1, -0.05) is 24.3 Å². The number of nitrogens with zero attached hydrogens (tertiary/aromatic N) is 2. The lowest BCUT2D eigenvalue weighted by Crippen LogP contribution is -2.15. The van der Waals surface area contributed by atoms with Crippen LogP contribution >= 0.6 is 0 Å². The molecule has 0 fully saturated rings. The van der Waals surface area contributed by atoms with Gasteiger partial charge in [-0.25, -0.2) is 4.98 Å². The normalized spacial score (nSPS) is 11.8. The van der Waals surface area contributed by atoms with Crippen LogP contribution in [0, 0.1) is 11.3 Å². The highest BCUT2D eigenvalue weighted by molar-refractivity contribution is 5.90. The molecule has 2 aromatic carbocycles. The summed E-state index contributed by atoms with van der Waals surface area (Å²) in [4.78, 5) is 19.9. The molecule has 0 radical (unpaired) electrons. The van der Waals surface area contributed by atoms with Gasteiger partial charge in [0, 0.05) is 6.42 Å². The SMILES string of the molecule is COc1ccc(CC(=O)C(C#N)c2nc3ccccc3[nH]2)cc1. The fourth-order valence-electron chi connectivity index (χ4n) is 2.44. The smallest absolute Gasteiger partial charge is 0.162 e. The van der Waals surface area contributed by atoms with Crippen LogP contribution in [0.5, 0.6) is 5.75 Å². The molecule has 0 aliphatic carbocycles. The number of carbonyl (C=O) groups is 1. The van der Waals surface area contributed by atoms with Crippen molar-refractivity contribution in [3.8, 4) is 11.8 Å². The van der Waals surface area contributed by atoms with Gasteiger partial charge in [-0.05, 0) is 29.8 Å². The number of fused-ring (bicyclic) bond motifs is 1. The van der Waals surface area contributed by atoms with Gasteiger partial charge in [0.1, 0.15) is 11.6 Å². The van der Waals surface area contributed by atoms with Gasteiger partial charge >= 0.3 is 0 Å². The molecule has 0 aliphatic rings. The Bertz CT molecular complexity index is 842. The second-order valence-corrected chi connectivity index (χ2v) is 5.19. The minimum atomic E-state index is -0.899. The topological polar surface area (TPSA) is 78.8 Å². The minimum Gasteiger partial charge on any atom is -0.497 e. The van der Waals surface area contributed by atoms with Crippen LogP contribution < -0.4 is 4.74 Å². The van der Waals surface area contributed by atoms with E-state index in [1.54, 1.807) is 19.2 Å². The Hall–Kier alpha value is -3.13. The molecule has 3 rings (SSSR count). The number of hydrogen-bond donors (Lipinski definition) is 1. The van der Waals surface area contributed by atoms with Crippen molar-refractivity contribution in [1.82, 2.24) is 9.97 Å². The molecule has 0 amide bonds. The first-order valence-electron chi connectivity index (χ1n) is 7.21. The van der Waals surface area contributed by atoms with E-state index in [2.05, 4.69) is 16.0 Å². The lowest BCUT2D eigenvalue weighted by atomic mass is 9.98. The number of ketones is 1. The summed E-state index contributed by atoms with van der Waals surface area (Å²) in [6, 6.07) is 16.8. The van der Waals surface area contributed by atoms with E-state index in [4.69, 9.17) is 4.74 Å². The number of imidazole rings is 1. The molecule has 1 atom stereocenters. The second-order valence-electron chi connectivity index (χ2n) is 5.19. The number of nitriles is 1. The molecule has 3 aromatic rings. The zero-order valence-corrected chi connectivity index (χ0v) is 12.6. The van der Waals surface area contributed by atoms with Gasteiger partial charge in [0.25, 0.3) is 0 Å². The molecule has 1 aromatic heterocycles. The van der Waals surface area contributed by atoms with Crippen LogP contribution in [0.4, 0.5) is 0 Å². The highest BCUT2D eigenvalue weighted by Crippen LogP contribution is 2.20. The van der Waals surface area contributed by atoms with Gasteiger partial charge in [-0.15, -0.1) is 0 Å². The van der Waals surface area contributed by atoms with Crippen LogP contribution in [-0.2, 0) is 11.2 Å². The molecule has 1 unspecified atom stereocenters. The first-order chi connectivity index (χ1) is 11.2. The molecular weight excluding hydrogens is 290 g/mol. The summed E-state index contributed by atoms with van der Waals surface area (Å²) in [7, 11) is 1.59. The molecule has 1 N–H and O–H groups in total. The lowest BCUT2D eigenvalue weighted by molar-refractivity contribution is -0.118. The Kier molecular flexibility index (Phi) is 4.07. The van der Waals surface area contributed by atoms with Crippen molar-refractivity contribution in [2.45, 2.75) is 12.3 Å². The predicted octanol–water partition coefficient (Wildman–Crippen LogP) is 2.99. The number of benzene rings is 2. The van der Waals surface area contributed by atoms with Crippen molar-refractivity contribution in [1.29, 1.82) is 5.26 Å². The Morgan fingerprint density at radius 3 is 2.65 bits per heavy atom. The number of rotatable bonds is 5. The molecule has 5 heteroatoms. The van der Waals surface area contributed by atoms with Crippen LogP contribution in [0.2, 0.25) is 0 Å². The number of Topliss-reactive ketones (excluding diaryl/α,β-unsaturated/α-hetero) is 1. The summed E-state index contributed by atoms with van der Waals surface area (Å²) in [5.41, 5.74) is 2.41. The monoisotopic (exact) mass is 305 g/mol. The third-order valence-electron chi connectivity index (χ3n) is 3.67. The van der Waals surface area contributed by atoms with E-state index in [1.165, 1.54) is 0 Å². The molecule has 0 saturated carbocycles. The van der Waals surface area contributed by atoms with Crippen LogP contribution in [0.25, 0.3) is 11.0 Å². The molecule has 0 saturated heterocycles. The predicted molar refractivity (Wildman–Crippen MR) is 86.2 cm³/mol. The number of aromatic amines is 1. The first-order valence-corrected chi connectivity index (χ1v) is 7.21. The Labute approximate surface area is 133 Å². The molecule has 0 spiro atoms. The van der Waals surface area contributed by atoms with Crippen molar-refractivity contribution in [3.63, 3.8) is 0 Å². The molecular formula is C18H15N3O2. The summed E-state index contributed by atoms with van der Waals surface area (Å²) in [5.74, 6) is 0.0451. The molecule has 0 aliphatic heterocycles. The van der Waals surface area contributed by atoms with Crippen LogP contribution in [0.1, 0.15) is 17.3 Å². The minimum absolute atomic E-state index is 0.180. The summed E-state index contributed by atoms with van der Waals surface area (Å²) in [6.45, 7) is 0. The quantitative estimate of drug-likeness (QED) is 0.786. The van der Waals surface area contributed by atoms with Gasteiger partial charge in [0.05, 0.1) is 24.2 Å². The zero-order chi connectivity index (χ0) is 16.2. The fourth-order valence-corrected chi connectivity index (χ4v) is 2.44. The van der Waals surface area contributed by atoms with Crippen molar-refractivity contribution >= 4 is 16.8 Å². The van der Waals surface area contributed by atoms with E-state index < -0.39 is 5.92 Å². The fraction of sp³-hybridized carbons (Fsp3) is 0.167. The number of H-pyrrole nitrogens is 1. The maximum absolute atomic E-state index is 12.5. The number of ether oxygens (including phenoxy) is 1. The summed E-state index contributed by atoms with van der Waals surface area (Å²) in [6.07, 6.45) is 0.180. The van der Waals surface area contributed by atoms with Crippen molar-refractivity contribution in [2.24, 2.45) is 0 Å². The van der Waals surface area contributed by atoms with Crippen molar-refractivity contribution in [3.05, 3.63) is 59.9 Å². The molecule has 5 nitrogen and oxygen atoms in total. The molecule has 114 valence electrons. The highest BCUT2D eigenvalue weighted by atomic mass is 16.5. The standard InChI is InChI=1S/C18H15N3O2/c1-23-13-8-6-12(7-9-13)10-17(22)14(11-19)18-20-15-4-2-3-5-16(15)21-18/h2-9,14H,10H2,1H3,(H,20,21). The van der Waals surface area contributed by atoms with E-state index in [0.29, 0.717) is 5.82 Å². The Morgan fingerprint density at radius 2 is 2.00 bits per heavy atom. The van der Waals surface area contributed by atoms with E-state index in [-0.39, 0.29) is 12.2 Å². The van der Waals surface area contributed by atoms with Crippen LogP contribution in [-0.4, -0.2) is 22.9 Å². The van der Waals surface area contributed by atoms with Gasteiger partial charge in [0.15, 0.2) is 11.7 Å². The van der Waals surface area contributed by atoms with E-state index in [9.17, 15) is 10.1 Å². The average Bonchev–Trinajstić information content (AvgIpc) is 2.99. The summed E-state index contributed by atoms with van der Waals surface area (Å²) < 4.78 is 5.09. The maximum Gasteiger partial charge on any atom is 0.162 e. The van der Waals surface area contributed by atoms with Crippen LogP contribution in [0.15, 0.2) is 48.5 Å². The highest BCUT2D eigenvalue weighted by Gasteiger charge is 2.23. The Morgan fingerprint density at radius 1 is 1.26 bits per heavy atom. The van der Waals surface area contributed by atoms with Crippen molar-refractivity contribution in [2.75, 3.05) is 7.11 Å².